The van der Waals surface area contributed by atoms with Crippen molar-refractivity contribution in [3.8, 4) is 11.3 Å². The van der Waals surface area contributed by atoms with E-state index in [-0.39, 0.29) is 12.2 Å². The average molecular weight is 455 g/mol. The Labute approximate surface area is 188 Å². The van der Waals surface area contributed by atoms with Crippen LogP contribution in [0, 0.1) is 6.92 Å². The summed E-state index contributed by atoms with van der Waals surface area (Å²) in [6.07, 6.45) is 2.62. The molecule has 3 aromatic rings. The molecule has 0 saturated carbocycles. The summed E-state index contributed by atoms with van der Waals surface area (Å²) >= 11 is 1.37. The number of benzene rings is 1. The molecule has 9 heteroatoms. The normalized spacial score (nSPS) is 12.3. The summed E-state index contributed by atoms with van der Waals surface area (Å²) in [6, 6.07) is 9.09. The quantitative estimate of drug-likeness (QED) is 0.534. The zero-order valence-electron chi connectivity index (χ0n) is 17.7. The van der Waals surface area contributed by atoms with Gasteiger partial charge in [-0.1, -0.05) is 35.5 Å². The number of nitrogens with zero attached hydrogens (tertiary/aromatic N) is 1. The molecule has 0 aliphatic heterocycles. The lowest BCUT2D eigenvalue weighted by Crippen LogP contribution is -2.22. The second kappa shape index (κ2) is 9.35. The minimum absolute atomic E-state index is 0.173. The third kappa shape index (κ3) is 4.29. The van der Waals surface area contributed by atoms with Crippen molar-refractivity contribution >= 4 is 34.2 Å². The van der Waals surface area contributed by atoms with E-state index < -0.39 is 24.5 Å². The van der Waals surface area contributed by atoms with E-state index in [4.69, 9.17) is 14.0 Å². The number of aromatic nitrogens is 1. The minimum Gasteiger partial charge on any atom is -0.462 e. The molecule has 8 nitrogen and oxygen atoms in total. The first-order valence-corrected chi connectivity index (χ1v) is 11.1. The maximum absolute atomic E-state index is 12.7. The zero-order chi connectivity index (χ0) is 22.7. The van der Waals surface area contributed by atoms with Crippen molar-refractivity contribution in [3.63, 3.8) is 0 Å². The fourth-order valence-electron chi connectivity index (χ4n) is 3.68. The lowest BCUT2D eigenvalue weighted by Gasteiger charge is -2.09. The Kier molecular flexibility index (Phi) is 6.36. The molecule has 1 aromatic carbocycles. The van der Waals surface area contributed by atoms with E-state index >= 15 is 0 Å². The molecular weight excluding hydrogens is 432 g/mol. The van der Waals surface area contributed by atoms with E-state index in [9.17, 15) is 14.4 Å². The summed E-state index contributed by atoms with van der Waals surface area (Å²) in [6.45, 7) is 3.08. The molecule has 166 valence electrons. The highest BCUT2D eigenvalue weighted by Crippen LogP contribution is 2.39. The number of fused-ring (bicyclic) bond motifs is 1. The highest BCUT2D eigenvalue weighted by Gasteiger charge is 2.29. The minimum atomic E-state index is -0.711. The molecule has 0 bridgehead atoms. The van der Waals surface area contributed by atoms with Crippen molar-refractivity contribution in [1.82, 2.24) is 5.16 Å². The number of esters is 2. The Bertz CT molecular complexity index is 1160. The van der Waals surface area contributed by atoms with Gasteiger partial charge in [0.1, 0.15) is 22.0 Å². The Hall–Kier alpha value is -3.46. The molecule has 0 spiro atoms. The second-order valence-corrected chi connectivity index (χ2v) is 8.34. The molecule has 0 unspecified atom stereocenters. The Balaban J connectivity index is 1.45. The fraction of sp³-hybridized carbons (Fsp3) is 0.304. The van der Waals surface area contributed by atoms with Crippen molar-refractivity contribution in [1.29, 1.82) is 0 Å². The molecule has 0 atom stereocenters. The van der Waals surface area contributed by atoms with Crippen LogP contribution in [0.15, 0.2) is 34.9 Å². The highest BCUT2D eigenvalue weighted by atomic mass is 32.1. The summed E-state index contributed by atoms with van der Waals surface area (Å²) in [4.78, 5) is 38.7. The molecule has 2 heterocycles. The van der Waals surface area contributed by atoms with Crippen molar-refractivity contribution in [2.75, 3.05) is 18.5 Å². The average Bonchev–Trinajstić information content (AvgIpc) is 3.47. The number of nitrogens with one attached hydrogen (secondary N) is 1. The number of ether oxygens (including phenoxy) is 2. The molecule has 0 fully saturated rings. The van der Waals surface area contributed by atoms with Gasteiger partial charge in [0.25, 0.3) is 5.91 Å². The summed E-state index contributed by atoms with van der Waals surface area (Å²) in [5, 5.41) is 7.09. The van der Waals surface area contributed by atoms with Crippen LogP contribution in [0.1, 0.15) is 50.3 Å². The topological polar surface area (TPSA) is 108 Å². The van der Waals surface area contributed by atoms with Crippen molar-refractivity contribution in [2.45, 2.75) is 33.1 Å². The molecule has 32 heavy (non-hydrogen) atoms. The van der Waals surface area contributed by atoms with Crippen LogP contribution in [0.4, 0.5) is 5.00 Å². The van der Waals surface area contributed by atoms with Crippen LogP contribution in [0.5, 0.6) is 0 Å². The number of hydrogen-bond donors (Lipinski definition) is 1. The number of carbonyl (C=O) groups excluding carboxylic acids is 3. The van der Waals surface area contributed by atoms with Crippen molar-refractivity contribution in [3.05, 3.63) is 57.7 Å². The van der Waals surface area contributed by atoms with Crippen LogP contribution in [0.3, 0.4) is 0 Å². The number of rotatable bonds is 7. The molecule has 1 aliphatic rings. The van der Waals surface area contributed by atoms with Gasteiger partial charge in [0.2, 0.25) is 0 Å². The monoisotopic (exact) mass is 454 g/mol. The van der Waals surface area contributed by atoms with Gasteiger partial charge in [0.05, 0.1) is 12.2 Å². The van der Waals surface area contributed by atoms with Crippen molar-refractivity contribution in [2.24, 2.45) is 0 Å². The Morgan fingerprint density at radius 2 is 1.84 bits per heavy atom. The van der Waals surface area contributed by atoms with Crippen LogP contribution in [0.2, 0.25) is 0 Å². The maximum Gasteiger partial charge on any atom is 0.344 e. The van der Waals surface area contributed by atoms with Crippen LogP contribution >= 0.6 is 11.3 Å². The number of hydrogen-bond acceptors (Lipinski definition) is 8. The summed E-state index contributed by atoms with van der Waals surface area (Å²) in [5.41, 5.74) is 2.57. The van der Waals surface area contributed by atoms with E-state index in [2.05, 4.69) is 10.5 Å². The smallest absolute Gasteiger partial charge is 0.344 e. The SMILES string of the molecule is CCOC(=O)c1c(NC(=O)COC(=O)c2c(-c3ccccc3)noc2C)sc2c1CCC2. The van der Waals surface area contributed by atoms with Gasteiger partial charge in [-0.3, -0.25) is 4.79 Å². The van der Waals surface area contributed by atoms with E-state index in [1.165, 1.54) is 11.3 Å². The van der Waals surface area contributed by atoms with Crippen molar-refractivity contribution < 1.29 is 28.4 Å². The van der Waals surface area contributed by atoms with Crippen LogP contribution in [0.25, 0.3) is 11.3 Å². The van der Waals surface area contributed by atoms with Crippen LogP contribution in [-0.2, 0) is 27.1 Å². The van der Waals surface area contributed by atoms with Gasteiger partial charge in [-0.15, -0.1) is 11.3 Å². The van der Waals surface area contributed by atoms with Gasteiger partial charge in [-0.05, 0) is 38.7 Å². The molecule has 4 rings (SSSR count). The van der Waals surface area contributed by atoms with Gasteiger partial charge >= 0.3 is 11.9 Å². The molecular formula is C23H22N2O6S. The fourth-order valence-corrected chi connectivity index (χ4v) is 4.98. The molecule has 0 saturated heterocycles. The maximum atomic E-state index is 12.7. The number of carbonyl (C=O) groups is 3. The Morgan fingerprint density at radius 1 is 1.09 bits per heavy atom. The summed E-state index contributed by atoms with van der Waals surface area (Å²) < 4.78 is 15.6. The predicted molar refractivity (Wildman–Crippen MR) is 118 cm³/mol. The number of amides is 1. The first-order valence-electron chi connectivity index (χ1n) is 10.3. The summed E-state index contributed by atoms with van der Waals surface area (Å²) in [5.74, 6) is -1.41. The van der Waals surface area contributed by atoms with Crippen LogP contribution in [-0.4, -0.2) is 36.2 Å². The van der Waals surface area contributed by atoms with Crippen LogP contribution < -0.4 is 5.32 Å². The lowest BCUT2D eigenvalue weighted by molar-refractivity contribution is -0.119. The largest absolute Gasteiger partial charge is 0.462 e. The number of aryl methyl sites for hydroxylation is 2. The molecule has 1 amide bonds. The molecule has 0 radical (unpaired) electrons. The summed E-state index contributed by atoms with van der Waals surface area (Å²) in [7, 11) is 0. The zero-order valence-corrected chi connectivity index (χ0v) is 18.5. The number of thiophene rings is 1. The van der Waals surface area contributed by atoms with Gasteiger partial charge in [0, 0.05) is 10.4 Å². The molecule has 1 aliphatic carbocycles. The third-order valence-corrected chi connectivity index (χ3v) is 6.31. The van der Waals surface area contributed by atoms with E-state index in [1.54, 1.807) is 26.0 Å². The molecule has 1 N–H and O–H groups in total. The highest BCUT2D eigenvalue weighted by molar-refractivity contribution is 7.17. The first kappa shape index (κ1) is 21.8. The van der Waals surface area contributed by atoms with Gasteiger partial charge < -0.3 is 19.3 Å². The van der Waals surface area contributed by atoms with Gasteiger partial charge in [-0.2, -0.15) is 0 Å². The van der Waals surface area contributed by atoms with E-state index in [0.717, 1.165) is 29.7 Å². The lowest BCUT2D eigenvalue weighted by atomic mass is 10.1. The second-order valence-electron chi connectivity index (χ2n) is 7.23. The predicted octanol–water partition coefficient (Wildman–Crippen LogP) is 4.17. The van der Waals surface area contributed by atoms with Gasteiger partial charge in [0.15, 0.2) is 6.61 Å². The Morgan fingerprint density at radius 3 is 2.59 bits per heavy atom. The van der Waals surface area contributed by atoms with Gasteiger partial charge in [-0.25, -0.2) is 9.59 Å². The van der Waals surface area contributed by atoms with E-state index in [1.807, 2.05) is 18.2 Å². The molecule has 2 aromatic heterocycles. The van der Waals surface area contributed by atoms with E-state index in [0.29, 0.717) is 27.6 Å². The first-order chi connectivity index (χ1) is 15.5. The third-order valence-electron chi connectivity index (χ3n) is 5.10. The standard InChI is InChI=1S/C23H22N2O6S/c1-3-29-23(28)19-15-10-7-11-16(15)32-21(19)24-17(26)12-30-22(27)18-13(2)31-25-20(18)14-8-5-4-6-9-14/h4-6,8-9H,3,7,10-12H2,1-2H3,(H,24,26). The number of anilines is 1.